The fraction of sp³-hybridized carbons (Fsp3) is 0.556. The van der Waals surface area contributed by atoms with Gasteiger partial charge in [-0.15, -0.1) is 0 Å². The zero-order chi connectivity index (χ0) is 14.8. The van der Waals surface area contributed by atoms with E-state index in [1.54, 1.807) is 0 Å². The normalized spacial score (nSPS) is 24.0. The van der Waals surface area contributed by atoms with E-state index in [4.69, 9.17) is 0 Å². The molecule has 0 saturated heterocycles. The fourth-order valence-corrected chi connectivity index (χ4v) is 3.91. The van der Waals surface area contributed by atoms with Crippen molar-refractivity contribution in [1.29, 1.82) is 0 Å². The highest BCUT2D eigenvalue weighted by Crippen LogP contribution is 2.40. The summed E-state index contributed by atoms with van der Waals surface area (Å²) in [5.74, 6) is -2.04. The van der Waals surface area contributed by atoms with Crippen molar-refractivity contribution in [3.63, 3.8) is 0 Å². The molecule has 21 heavy (non-hydrogen) atoms. The third-order valence-electron chi connectivity index (χ3n) is 5.15. The summed E-state index contributed by atoms with van der Waals surface area (Å²) in [6.45, 7) is 0. The average Bonchev–Trinajstić information content (AvgIpc) is 2.54. The first-order chi connectivity index (χ1) is 10.2. The zero-order valence-electron chi connectivity index (χ0n) is 12.2. The Bertz CT molecular complexity index is 542. The first-order valence-electron chi connectivity index (χ1n) is 7.99. The van der Waals surface area contributed by atoms with Crippen LogP contribution in [0, 0.1) is 29.3 Å². The molecule has 0 spiro atoms. The third-order valence-corrected chi connectivity index (χ3v) is 5.15. The van der Waals surface area contributed by atoms with Gasteiger partial charge in [0, 0.05) is 5.56 Å². The Kier molecular flexibility index (Phi) is 4.37. The standard InChI is InChI=1S/C18H21F3/c19-16-11-10-15(17(20)18(16)21)14-8-6-13(7-9-14)12-4-2-1-3-5-12/h8,10-13H,1-7,9H2. The van der Waals surface area contributed by atoms with Gasteiger partial charge in [0.25, 0.3) is 0 Å². The maximum absolute atomic E-state index is 13.8. The summed E-state index contributed by atoms with van der Waals surface area (Å²) in [6.07, 6.45) is 11.4. The quantitative estimate of drug-likeness (QED) is 0.599. The van der Waals surface area contributed by atoms with Crippen molar-refractivity contribution in [3.05, 3.63) is 41.2 Å². The summed E-state index contributed by atoms with van der Waals surface area (Å²) in [5.41, 5.74) is 1.06. The number of hydrogen-bond donors (Lipinski definition) is 0. The van der Waals surface area contributed by atoms with Gasteiger partial charge in [0.2, 0.25) is 0 Å². The molecule has 1 fully saturated rings. The minimum absolute atomic E-state index is 0.232. The molecule has 0 amide bonds. The second-order valence-corrected chi connectivity index (χ2v) is 6.38. The molecule has 0 heterocycles. The van der Waals surface area contributed by atoms with Crippen LogP contribution in [0.5, 0.6) is 0 Å². The van der Waals surface area contributed by atoms with Crippen LogP contribution in [0.25, 0.3) is 5.57 Å². The Morgan fingerprint density at radius 3 is 2.24 bits per heavy atom. The van der Waals surface area contributed by atoms with Crippen LogP contribution >= 0.6 is 0 Å². The van der Waals surface area contributed by atoms with Gasteiger partial charge < -0.3 is 0 Å². The molecule has 0 N–H and O–H groups in total. The highest BCUT2D eigenvalue weighted by atomic mass is 19.2. The summed E-state index contributed by atoms with van der Waals surface area (Å²) in [6, 6.07) is 2.38. The molecule has 1 aromatic carbocycles. The molecule has 114 valence electrons. The number of halogens is 3. The molecular weight excluding hydrogens is 273 g/mol. The molecule has 2 aliphatic rings. The monoisotopic (exact) mass is 294 g/mol. The van der Waals surface area contributed by atoms with Crippen molar-refractivity contribution < 1.29 is 13.2 Å². The molecule has 3 rings (SSSR count). The number of hydrogen-bond acceptors (Lipinski definition) is 0. The van der Waals surface area contributed by atoms with Crippen LogP contribution in [0.3, 0.4) is 0 Å². The Morgan fingerprint density at radius 1 is 0.810 bits per heavy atom. The van der Waals surface area contributed by atoms with Crippen LogP contribution in [0.15, 0.2) is 18.2 Å². The summed E-state index contributed by atoms with van der Waals surface area (Å²) in [7, 11) is 0. The van der Waals surface area contributed by atoms with Crippen molar-refractivity contribution in [2.75, 3.05) is 0 Å². The molecule has 2 aliphatic carbocycles. The van der Waals surface area contributed by atoms with E-state index in [2.05, 4.69) is 0 Å². The van der Waals surface area contributed by atoms with Crippen molar-refractivity contribution >= 4 is 5.57 Å². The molecular formula is C18H21F3. The average molecular weight is 294 g/mol. The largest absolute Gasteiger partial charge is 0.204 e. The zero-order valence-corrected chi connectivity index (χ0v) is 12.2. The minimum Gasteiger partial charge on any atom is -0.204 e. The van der Waals surface area contributed by atoms with E-state index >= 15 is 0 Å². The van der Waals surface area contributed by atoms with Crippen LogP contribution in [-0.2, 0) is 0 Å². The first kappa shape index (κ1) is 14.7. The van der Waals surface area contributed by atoms with Gasteiger partial charge in [0.1, 0.15) is 0 Å². The van der Waals surface area contributed by atoms with Gasteiger partial charge >= 0.3 is 0 Å². The Labute approximate surface area is 124 Å². The maximum Gasteiger partial charge on any atom is 0.195 e. The van der Waals surface area contributed by atoms with Crippen LogP contribution in [0.1, 0.15) is 56.9 Å². The smallest absolute Gasteiger partial charge is 0.195 e. The van der Waals surface area contributed by atoms with Crippen molar-refractivity contribution in [2.45, 2.75) is 51.4 Å². The van der Waals surface area contributed by atoms with Gasteiger partial charge in [-0.05, 0) is 48.8 Å². The van der Waals surface area contributed by atoms with Crippen molar-refractivity contribution in [1.82, 2.24) is 0 Å². The van der Waals surface area contributed by atoms with Gasteiger partial charge in [0.15, 0.2) is 17.5 Å². The topological polar surface area (TPSA) is 0 Å². The van der Waals surface area contributed by atoms with E-state index in [1.807, 2.05) is 6.08 Å². The summed E-state index contributed by atoms with van der Waals surface area (Å²) in [4.78, 5) is 0. The van der Waals surface area contributed by atoms with Crippen LogP contribution in [0.2, 0.25) is 0 Å². The molecule has 3 heteroatoms. The highest BCUT2D eigenvalue weighted by Gasteiger charge is 2.26. The van der Waals surface area contributed by atoms with E-state index in [9.17, 15) is 13.2 Å². The van der Waals surface area contributed by atoms with E-state index in [0.717, 1.165) is 36.8 Å². The highest BCUT2D eigenvalue weighted by molar-refractivity contribution is 5.66. The molecule has 0 nitrogen and oxygen atoms in total. The molecule has 1 saturated carbocycles. The lowest BCUT2D eigenvalue weighted by molar-refractivity contribution is 0.235. The van der Waals surface area contributed by atoms with Crippen molar-refractivity contribution in [2.24, 2.45) is 11.8 Å². The van der Waals surface area contributed by atoms with Crippen LogP contribution < -0.4 is 0 Å². The van der Waals surface area contributed by atoms with Crippen molar-refractivity contribution in [3.8, 4) is 0 Å². The van der Waals surface area contributed by atoms with Gasteiger partial charge in [-0.3, -0.25) is 0 Å². The summed E-state index contributed by atoms with van der Waals surface area (Å²) in [5, 5.41) is 0. The van der Waals surface area contributed by atoms with Gasteiger partial charge in [-0.25, -0.2) is 13.2 Å². The second-order valence-electron chi connectivity index (χ2n) is 6.38. The molecule has 1 unspecified atom stereocenters. The number of allylic oxidation sites excluding steroid dienone is 2. The Balaban J connectivity index is 1.74. The third kappa shape index (κ3) is 3.02. The first-order valence-corrected chi connectivity index (χ1v) is 7.99. The predicted molar refractivity (Wildman–Crippen MR) is 78.2 cm³/mol. The lowest BCUT2D eigenvalue weighted by atomic mass is 9.73. The summed E-state index contributed by atoms with van der Waals surface area (Å²) >= 11 is 0. The van der Waals surface area contributed by atoms with Crippen LogP contribution in [0.4, 0.5) is 13.2 Å². The Morgan fingerprint density at radius 2 is 1.57 bits per heavy atom. The minimum atomic E-state index is -1.36. The predicted octanol–water partition coefficient (Wildman–Crippen LogP) is 5.87. The molecule has 0 aliphatic heterocycles. The SMILES string of the molecule is Fc1ccc(C2=CCC(C3CCCCC3)CC2)c(F)c1F. The molecule has 0 bridgehead atoms. The molecule has 0 aromatic heterocycles. The fourth-order valence-electron chi connectivity index (χ4n) is 3.91. The van der Waals surface area contributed by atoms with E-state index < -0.39 is 17.5 Å². The van der Waals surface area contributed by atoms with E-state index in [1.165, 1.54) is 38.2 Å². The van der Waals surface area contributed by atoms with Gasteiger partial charge in [-0.2, -0.15) is 0 Å². The maximum atomic E-state index is 13.8. The number of benzene rings is 1. The Hall–Kier alpha value is -1.25. The molecule has 0 radical (unpaired) electrons. The second kappa shape index (κ2) is 6.25. The lowest BCUT2D eigenvalue weighted by Crippen LogP contribution is -2.19. The van der Waals surface area contributed by atoms with Gasteiger partial charge in [0.05, 0.1) is 0 Å². The van der Waals surface area contributed by atoms with E-state index in [-0.39, 0.29) is 5.56 Å². The molecule has 1 atom stereocenters. The van der Waals surface area contributed by atoms with E-state index in [0.29, 0.717) is 5.92 Å². The van der Waals surface area contributed by atoms with Gasteiger partial charge in [-0.1, -0.05) is 38.2 Å². The summed E-state index contributed by atoms with van der Waals surface area (Å²) < 4.78 is 40.2. The number of rotatable bonds is 2. The van der Waals surface area contributed by atoms with Crippen LogP contribution in [-0.4, -0.2) is 0 Å². The lowest BCUT2D eigenvalue weighted by Gasteiger charge is -2.32. The molecule has 1 aromatic rings.